The lowest BCUT2D eigenvalue weighted by atomic mass is 9.91. The van der Waals surface area contributed by atoms with Gasteiger partial charge in [0, 0.05) is 0 Å². The predicted octanol–water partition coefficient (Wildman–Crippen LogP) is 5.89. The highest BCUT2D eigenvalue weighted by Gasteiger charge is 2.33. The van der Waals surface area contributed by atoms with Gasteiger partial charge < -0.3 is 4.74 Å². The van der Waals surface area contributed by atoms with Crippen LogP contribution in [0.1, 0.15) is 65.7 Å². The SMILES string of the molecule is CCCCCCCCC(C)C(C)COc1c(F)c(F)c(S(=O)(=O)O)c(F)c1F. The van der Waals surface area contributed by atoms with Crippen LogP contribution in [0.4, 0.5) is 17.6 Å². The van der Waals surface area contributed by atoms with Crippen molar-refractivity contribution in [3.05, 3.63) is 23.3 Å². The molecule has 2 unspecified atom stereocenters. The molecule has 162 valence electrons. The zero-order valence-corrected chi connectivity index (χ0v) is 17.2. The summed E-state index contributed by atoms with van der Waals surface area (Å²) < 4.78 is 91.0. The van der Waals surface area contributed by atoms with E-state index in [-0.39, 0.29) is 18.4 Å². The molecule has 1 aromatic rings. The van der Waals surface area contributed by atoms with Crippen molar-refractivity contribution in [1.82, 2.24) is 0 Å². The van der Waals surface area contributed by atoms with E-state index in [0.717, 1.165) is 25.7 Å². The van der Waals surface area contributed by atoms with Crippen LogP contribution in [0.25, 0.3) is 0 Å². The van der Waals surface area contributed by atoms with Crippen LogP contribution in [-0.4, -0.2) is 19.6 Å². The van der Waals surface area contributed by atoms with Gasteiger partial charge in [-0.25, -0.2) is 8.78 Å². The summed E-state index contributed by atoms with van der Waals surface area (Å²) in [5.41, 5.74) is 0. The summed E-state index contributed by atoms with van der Waals surface area (Å²) in [6.45, 7) is 5.69. The molecule has 4 nitrogen and oxygen atoms in total. The first-order valence-corrected chi connectivity index (χ1v) is 10.9. The number of hydrogen-bond donors (Lipinski definition) is 1. The van der Waals surface area contributed by atoms with Crippen LogP contribution in [0.15, 0.2) is 4.90 Å². The summed E-state index contributed by atoms with van der Waals surface area (Å²) in [7, 11) is -5.48. The van der Waals surface area contributed by atoms with Gasteiger partial charge in [-0.3, -0.25) is 4.55 Å². The Labute approximate surface area is 164 Å². The molecule has 0 aliphatic heterocycles. The predicted molar refractivity (Wildman–Crippen MR) is 97.9 cm³/mol. The Kier molecular flexibility index (Phi) is 9.69. The first-order valence-electron chi connectivity index (χ1n) is 9.48. The molecule has 1 N–H and O–H groups in total. The number of unbranched alkanes of at least 4 members (excludes halogenated alkanes) is 5. The van der Waals surface area contributed by atoms with E-state index in [1.165, 1.54) is 19.3 Å². The molecule has 1 rings (SSSR count). The van der Waals surface area contributed by atoms with Gasteiger partial charge in [-0.1, -0.05) is 65.7 Å². The number of benzene rings is 1. The fraction of sp³-hybridized carbons (Fsp3) is 0.684. The lowest BCUT2D eigenvalue weighted by molar-refractivity contribution is 0.188. The summed E-state index contributed by atoms with van der Waals surface area (Å²) in [6, 6.07) is 0. The average molecular weight is 428 g/mol. The molecular weight excluding hydrogens is 400 g/mol. The van der Waals surface area contributed by atoms with E-state index in [9.17, 15) is 26.0 Å². The Morgan fingerprint density at radius 1 is 0.857 bits per heavy atom. The van der Waals surface area contributed by atoms with Crippen molar-refractivity contribution in [2.75, 3.05) is 6.61 Å². The Balaban J connectivity index is 2.72. The Bertz CT molecular complexity index is 724. The highest BCUT2D eigenvalue weighted by atomic mass is 32.2. The minimum absolute atomic E-state index is 0.151. The second-order valence-corrected chi connectivity index (χ2v) is 8.57. The van der Waals surface area contributed by atoms with E-state index >= 15 is 0 Å². The molecule has 0 bridgehead atoms. The highest BCUT2D eigenvalue weighted by molar-refractivity contribution is 7.85. The van der Waals surface area contributed by atoms with Gasteiger partial charge in [0.2, 0.25) is 11.6 Å². The molecule has 28 heavy (non-hydrogen) atoms. The first-order chi connectivity index (χ1) is 13.0. The van der Waals surface area contributed by atoms with Gasteiger partial charge in [0.05, 0.1) is 6.61 Å². The molecule has 0 radical (unpaired) electrons. The summed E-state index contributed by atoms with van der Waals surface area (Å²) >= 11 is 0. The van der Waals surface area contributed by atoms with E-state index in [1.54, 1.807) is 6.92 Å². The zero-order chi connectivity index (χ0) is 21.5. The van der Waals surface area contributed by atoms with Crippen molar-refractivity contribution in [2.45, 2.75) is 70.6 Å². The van der Waals surface area contributed by atoms with Crippen LogP contribution >= 0.6 is 0 Å². The van der Waals surface area contributed by atoms with Gasteiger partial charge in [0.25, 0.3) is 0 Å². The summed E-state index contributed by atoms with van der Waals surface area (Å²) in [6.07, 6.45) is 7.70. The molecule has 0 amide bonds. The topological polar surface area (TPSA) is 63.6 Å². The smallest absolute Gasteiger partial charge is 0.300 e. The second-order valence-electron chi connectivity index (χ2n) is 7.21. The molecule has 2 atom stereocenters. The van der Waals surface area contributed by atoms with Crippen molar-refractivity contribution in [3.63, 3.8) is 0 Å². The second kappa shape index (κ2) is 11.0. The van der Waals surface area contributed by atoms with E-state index in [0.29, 0.717) is 0 Å². The average Bonchev–Trinajstić information content (AvgIpc) is 2.61. The molecule has 1 aromatic carbocycles. The van der Waals surface area contributed by atoms with Gasteiger partial charge in [0.15, 0.2) is 22.3 Å². The number of hydrogen-bond acceptors (Lipinski definition) is 3. The molecule has 0 fully saturated rings. The molecule has 0 aromatic heterocycles. The van der Waals surface area contributed by atoms with Crippen molar-refractivity contribution in [3.8, 4) is 5.75 Å². The molecule has 0 saturated heterocycles. The molecule has 0 aliphatic carbocycles. The molecule has 0 saturated carbocycles. The lowest BCUT2D eigenvalue weighted by Crippen LogP contribution is -2.19. The van der Waals surface area contributed by atoms with Crippen molar-refractivity contribution in [2.24, 2.45) is 11.8 Å². The molecule has 0 spiro atoms. The van der Waals surface area contributed by atoms with E-state index in [2.05, 4.69) is 6.92 Å². The minimum atomic E-state index is -5.48. The third kappa shape index (κ3) is 6.62. The fourth-order valence-electron chi connectivity index (χ4n) is 2.85. The van der Waals surface area contributed by atoms with Crippen molar-refractivity contribution < 1.29 is 35.3 Å². The van der Waals surface area contributed by atoms with Crippen LogP contribution in [0.5, 0.6) is 5.75 Å². The third-order valence-electron chi connectivity index (χ3n) is 4.92. The van der Waals surface area contributed by atoms with Gasteiger partial charge in [-0.2, -0.15) is 17.2 Å². The van der Waals surface area contributed by atoms with Gasteiger partial charge in [-0.05, 0) is 11.8 Å². The maximum absolute atomic E-state index is 14.0. The van der Waals surface area contributed by atoms with E-state index in [1.807, 2.05) is 6.92 Å². The number of halogens is 4. The molecule has 0 aliphatic rings. The van der Waals surface area contributed by atoms with Crippen LogP contribution in [0.2, 0.25) is 0 Å². The monoisotopic (exact) mass is 428 g/mol. The van der Waals surface area contributed by atoms with Crippen LogP contribution < -0.4 is 4.74 Å². The molecule has 9 heteroatoms. The van der Waals surface area contributed by atoms with E-state index < -0.39 is 44.0 Å². The number of ether oxygens (including phenoxy) is 1. The quantitative estimate of drug-likeness (QED) is 0.195. The zero-order valence-electron chi connectivity index (χ0n) is 16.4. The van der Waals surface area contributed by atoms with E-state index in [4.69, 9.17) is 9.29 Å². The third-order valence-corrected chi connectivity index (χ3v) is 5.79. The van der Waals surface area contributed by atoms with Gasteiger partial charge in [0.1, 0.15) is 0 Å². The Morgan fingerprint density at radius 3 is 1.86 bits per heavy atom. The van der Waals surface area contributed by atoms with Gasteiger partial charge in [-0.15, -0.1) is 0 Å². The van der Waals surface area contributed by atoms with Gasteiger partial charge >= 0.3 is 10.1 Å². The highest BCUT2D eigenvalue weighted by Crippen LogP contribution is 2.33. The van der Waals surface area contributed by atoms with Crippen molar-refractivity contribution >= 4 is 10.1 Å². The largest absolute Gasteiger partial charge is 0.487 e. The Morgan fingerprint density at radius 2 is 1.36 bits per heavy atom. The molecular formula is C19H28F4O4S. The minimum Gasteiger partial charge on any atom is -0.487 e. The Hall–Kier alpha value is -1.35. The maximum Gasteiger partial charge on any atom is 0.300 e. The van der Waals surface area contributed by atoms with Crippen LogP contribution in [0, 0.1) is 35.1 Å². The standard InChI is InChI=1S/C19H28F4O4S/c1-4-5-6-7-8-9-10-12(2)13(3)11-27-18-14(20)16(22)19(28(24,25)26)17(23)15(18)21/h12-13H,4-11H2,1-3H3,(H,24,25,26). The van der Waals surface area contributed by atoms with Crippen molar-refractivity contribution in [1.29, 1.82) is 0 Å². The maximum atomic E-state index is 14.0. The normalized spacial score (nSPS) is 14.1. The van der Waals surface area contributed by atoms with Crippen LogP contribution in [0.3, 0.4) is 0 Å². The number of rotatable bonds is 12. The first kappa shape index (κ1) is 24.7. The molecule has 0 heterocycles. The lowest BCUT2D eigenvalue weighted by Gasteiger charge is -2.21. The fourth-order valence-corrected chi connectivity index (χ4v) is 3.49. The summed E-state index contributed by atoms with van der Waals surface area (Å²) in [5.74, 6) is -9.76. The summed E-state index contributed by atoms with van der Waals surface area (Å²) in [4.78, 5) is -2.07. The van der Waals surface area contributed by atoms with Crippen LogP contribution in [-0.2, 0) is 10.1 Å². The summed E-state index contributed by atoms with van der Waals surface area (Å²) in [5, 5.41) is 0.